The molecular weight excluding hydrogens is 502 g/mol. The Bertz CT molecular complexity index is 1410. The predicted molar refractivity (Wildman–Crippen MR) is 138 cm³/mol. The Balaban J connectivity index is 1.54. The minimum Gasteiger partial charge on any atom is -0.340 e. The number of aromatic nitrogens is 2. The molecule has 4 rings (SSSR count). The Morgan fingerprint density at radius 3 is 2.47 bits per heavy atom. The molecule has 1 heterocycles. The summed E-state index contributed by atoms with van der Waals surface area (Å²) in [5.41, 5.74) is 1.97. The first-order valence-electron chi connectivity index (χ1n) is 10.8. The molecule has 0 aliphatic rings. The van der Waals surface area contributed by atoms with Gasteiger partial charge >= 0.3 is 0 Å². The smallest absolute Gasteiger partial charge is 0.273 e. The number of nitrogens with zero attached hydrogens (tertiary/aromatic N) is 3. The monoisotopic (exact) mass is 521 g/mol. The molecule has 0 aliphatic carbocycles. The van der Waals surface area contributed by atoms with Crippen molar-refractivity contribution in [3.05, 3.63) is 105 Å². The number of amides is 2. The van der Waals surface area contributed by atoms with E-state index in [2.05, 4.69) is 20.8 Å². The molecule has 2 N–H and O–H groups in total. The van der Waals surface area contributed by atoms with E-state index in [1.807, 2.05) is 30.3 Å². The number of nitrogens with one attached hydrogen (secondary N) is 2. The Morgan fingerprint density at radius 2 is 1.78 bits per heavy atom. The van der Waals surface area contributed by atoms with Crippen LogP contribution >= 0.6 is 22.9 Å². The van der Waals surface area contributed by atoms with Crippen molar-refractivity contribution in [2.24, 2.45) is 0 Å². The highest BCUT2D eigenvalue weighted by atomic mass is 35.5. The minimum atomic E-state index is -0.969. The van der Waals surface area contributed by atoms with E-state index in [0.717, 1.165) is 11.1 Å². The van der Waals surface area contributed by atoms with Crippen LogP contribution in [0.2, 0.25) is 5.02 Å². The number of benzene rings is 3. The molecule has 0 spiro atoms. The van der Waals surface area contributed by atoms with Gasteiger partial charge in [-0.2, -0.15) is 0 Å². The molecule has 36 heavy (non-hydrogen) atoms. The van der Waals surface area contributed by atoms with Crippen LogP contribution in [-0.4, -0.2) is 33.0 Å². The average Bonchev–Trinajstić information content (AvgIpc) is 3.33. The van der Waals surface area contributed by atoms with Crippen LogP contribution in [0.5, 0.6) is 0 Å². The number of hydrogen-bond acceptors (Lipinski definition) is 7. The molecule has 182 valence electrons. The number of nitro benzene ring substituents is 1. The van der Waals surface area contributed by atoms with Crippen molar-refractivity contribution < 1.29 is 14.5 Å². The van der Waals surface area contributed by atoms with Gasteiger partial charge < -0.3 is 5.32 Å². The average molecular weight is 522 g/mol. The fraction of sp³-hybridized carbons (Fsp3) is 0.120. The third-order valence-corrected chi connectivity index (χ3v) is 6.46. The fourth-order valence-corrected chi connectivity index (χ4v) is 4.30. The van der Waals surface area contributed by atoms with Gasteiger partial charge in [-0.3, -0.25) is 25.0 Å². The first kappa shape index (κ1) is 25.0. The highest BCUT2D eigenvalue weighted by Crippen LogP contribution is 2.27. The van der Waals surface area contributed by atoms with Crippen molar-refractivity contribution in [2.45, 2.75) is 19.4 Å². The lowest BCUT2D eigenvalue weighted by molar-refractivity contribution is -0.385. The standard InChI is InChI=1S/C25H20ClN5O4S/c1-15-7-8-18(14-21(15)31(34)35)22(32)27-20(13-16-5-3-2-4-6-16)23(33)28-25-30-29-24(36-25)17-9-11-19(26)12-10-17/h2-12,14,20H,13H2,1H3,(H,27,32)(H,28,30,33)/t20-/m0/s1. The number of nitro groups is 1. The number of carbonyl (C=O) groups excluding carboxylic acids is 2. The van der Waals surface area contributed by atoms with Crippen molar-refractivity contribution in [1.82, 2.24) is 15.5 Å². The second-order valence-electron chi connectivity index (χ2n) is 7.88. The molecular formula is C25H20ClN5O4S. The van der Waals surface area contributed by atoms with Crippen molar-refractivity contribution in [3.8, 4) is 10.6 Å². The van der Waals surface area contributed by atoms with Gasteiger partial charge in [0.05, 0.1) is 4.92 Å². The number of rotatable bonds is 8. The van der Waals surface area contributed by atoms with E-state index in [9.17, 15) is 19.7 Å². The van der Waals surface area contributed by atoms with Gasteiger partial charge in [-0.05, 0) is 30.7 Å². The summed E-state index contributed by atoms with van der Waals surface area (Å²) in [5, 5.41) is 26.3. The lowest BCUT2D eigenvalue weighted by atomic mass is 10.0. The molecule has 9 nitrogen and oxygen atoms in total. The molecule has 4 aromatic rings. The van der Waals surface area contributed by atoms with Crippen LogP contribution in [0.4, 0.5) is 10.8 Å². The zero-order chi connectivity index (χ0) is 25.7. The Kier molecular flexibility index (Phi) is 7.67. The van der Waals surface area contributed by atoms with E-state index in [1.54, 1.807) is 31.2 Å². The molecule has 0 saturated heterocycles. The van der Waals surface area contributed by atoms with Crippen LogP contribution in [0.25, 0.3) is 10.6 Å². The summed E-state index contributed by atoms with van der Waals surface area (Å²) in [4.78, 5) is 36.9. The fourth-order valence-electron chi connectivity index (χ4n) is 3.42. The van der Waals surface area contributed by atoms with E-state index in [0.29, 0.717) is 15.6 Å². The van der Waals surface area contributed by atoms with E-state index in [4.69, 9.17) is 11.6 Å². The largest absolute Gasteiger partial charge is 0.340 e. The van der Waals surface area contributed by atoms with Gasteiger partial charge in [0.2, 0.25) is 11.0 Å². The molecule has 0 fully saturated rings. The van der Waals surface area contributed by atoms with Crippen molar-refractivity contribution in [1.29, 1.82) is 0 Å². The molecule has 2 amide bonds. The van der Waals surface area contributed by atoms with Gasteiger partial charge in [-0.1, -0.05) is 71.5 Å². The second kappa shape index (κ2) is 11.1. The predicted octanol–water partition coefficient (Wildman–Crippen LogP) is 5.05. The molecule has 1 atom stereocenters. The Hall–Kier alpha value is -4.15. The SMILES string of the molecule is Cc1ccc(C(=O)N[C@@H](Cc2ccccc2)C(=O)Nc2nnc(-c3ccc(Cl)cc3)s2)cc1[N+](=O)[O-]. The van der Waals surface area contributed by atoms with E-state index in [-0.39, 0.29) is 22.8 Å². The molecule has 1 aromatic heterocycles. The number of halogens is 1. The summed E-state index contributed by atoms with van der Waals surface area (Å²) < 4.78 is 0. The summed E-state index contributed by atoms with van der Waals surface area (Å²) in [5.74, 6) is -1.10. The third kappa shape index (κ3) is 6.09. The molecule has 0 unspecified atom stereocenters. The van der Waals surface area contributed by atoms with Crippen LogP contribution < -0.4 is 10.6 Å². The van der Waals surface area contributed by atoms with Gasteiger partial charge in [0.15, 0.2) is 0 Å². The maximum absolute atomic E-state index is 13.2. The summed E-state index contributed by atoms with van der Waals surface area (Å²) in [6, 6.07) is 19.5. The highest BCUT2D eigenvalue weighted by molar-refractivity contribution is 7.18. The van der Waals surface area contributed by atoms with Gasteiger partial charge in [0, 0.05) is 34.2 Å². The molecule has 11 heteroatoms. The third-order valence-electron chi connectivity index (χ3n) is 5.32. The van der Waals surface area contributed by atoms with E-state index in [1.165, 1.54) is 29.5 Å². The number of hydrogen-bond donors (Lipinski definition) is 2. The summed E-state index contributed by atoms with van der Waals surface area (Å²) >= 11 is 7.12. The molecule has 0 saturated carbocycles. The van der Waals surface area contributed by atoms with Crippen LogP contribution in [0.15, 0.2) is 72.8 Å². The number of anilines is 1. The highest BCUT2D eigenvalue weighted by Gasteiger charge is 2.24. The maximum Gasteiger partial charge on any atom is 0.273 e. The second-order valence-corrected chi connectivity index (χ2v) is 9.30. The van der Waals surface area contributed by atoms with E-state index >= 15 is 0 Å². The topological polar surface area (TPSA) is 127 Å². The molecule has 3 aromatic carbocycles. The first-order valence-corrected chi connectivity index (χ1v) is 12.0. The van der Waals surface area contributed by atoms with Crippen LogP contribution in [-0.2, 0) is 11.2 Å². The van der Waals surface area contributed by atoms with Crippen molar-refractivity contribution in [3.63, 3.8) is 0 Å². The molecule has 0 bridgehead atoms. The van der Waals surface area contributed by atoms with Crippen molar-refractivity contribution >= 4 is 45.6 Å². The van der Waals surface area contributed by atoms with E-state index < -0.39 is 22.8 Å². The zero-order valence-electron chi connectivity index (χ0n) is 19.0. The zero-order valence-corrected chi connectivity index (χ0v) is 20.5. The minimum absolute atomic E-state index is 0.0825. The van der Waals surface area contributed by atoms with Gasteiger partial charge in [-0.25, -0.2) is 0 Å². The maximum atomic E-state index is 13.2. The van der Waals surface area contributed by atoms with Gasteiger partial charge in [0.25, 0.3) is 11.6 Å². The van der Waals surface area contributed by atoms with Gasteiger partial charge in [-0.15, -0.1) is 10.2 Å². The Morgan fingerprint density at radius 1 is 1.06 bits per heavy atom. The summed E-state index contributed by atoms with van der Waals surface area (Å²) in [6.07, 6.45) is 0.204. The van der Waals surface area contributed by atoms with Crippen molar-refractivity contribution in [2.75, 3.05) is 5.32 Å². The number of aryl methyl sites for hydroxylation is 1. The summed E-state index contributed by atoms with van der Waals surface area (Å²) in [7, 11) is 0. The normalized spacial score (nSPS) is 11.5. The molecule has 0 radical (unpaired) electrons. The van der Waals surface area contributed by atoms with Crippen LogP contribution in [0.3, 0.4) is 0 Å². The summed E-state index contributed by atoms with van der Waals surface area (Å²) in [6.45, 7) is 1.59. The lowest BCUT2D eigenvalue weighted by Gasteiger charge is -2.18. The lowest BCUT2D eigenvalue weighted by Crippen LogP contribution is -2.45. The quantitative estimate of drug-likeness (QED) is 0.246. The van der Waals surface area contributed by atoms with Gasteiger partial charge in [0.1, 0.15) is 11.0 Å². The Labute approximate surface area is 215 Å². The van der Waals surface area contributed by atoms with Crippen LogP contribution in [0, 0.1) is 17.0 Å². The first-order chi connectivity index (χ1) is 17.3. The number of carbonyl (C=O) groups is 2. The van der Waals surface area contributed by atoms with Crippen LogP contribution in [0.1, 0.15) is 21.5 Å². The molecule has 0 aliphatic heterocycles.